The smallest absolute Gasteiger partial charge is 0.204 e. The normalized spacial score (nSPS) is 13.0. The fourth-order valence-electron chi connectivity index (χ4n) is 7.99. The number of likely N-dealkylation sites (N-methyl/N-ethyl adjacent to an activating group) is 1. The van der Waals surface area contributed by atoms with Crippen molar-refractivity contribution >= 4 is 65.9 Å². The zero-order chi connectivity index (χ0) is 35.0. The van der Waals surface area contributed by atoms with Crippen molar-refractivity contribution in [2.24, 2.45) is 0 Å². The minimum Gasteiger partial charge on any atom is -0.456 e. The van der Waals surface area contributed by atoms with Crippen LogP contribution in [-0.2, 0) is 0 Å². The summed E-state index contributed by atoms with van der Waals surface area (Å²) in [7, 11) is 2.09. The zero-order valence-electron chi connectivity index (χ0n) is 28.7. The highest BCUT2D eigenvalue weighted by molar-refractivity contribution is 6.13. The fourth-order valence-corrected chi connectivity index (χ4v) is 7.99. The molecule has 4 heterocycles. The van der Waals surface area contributed by atoms with Gasteiger partial charge in [0.15, 0.2) is 17.5 Å². The summed E-state index contributed by atoms with van der Waals surface area (Å²) in [5.41, 5.74) is 8.70. The molecule has 53 heavy (non-hydrogen) atoms. The van der Waals surface area contributed by atoms with Crippen molar-refractivity contribution in [3.8, 4) is 34.2 Å². The van der Waals surface area contributed by atoms with Gasteiger partial charge in [0.2, 0.25) is 5.88 Å². The molecule has 11 rings (SSSR count). The molecule has 0 bridgehead atoms. The molecule has 6 nitrogen and oxygen atoms in total. The van der Waals surface area contributed by atoms with Gasteiger partial charge in [-0.25, -0.2) is 15.0 Å². The van der Waals surface area contributed by atoms with Crippen molar-refractivity contribution in [1.82, 2.24) is 15.0 Å². The number of hydrogen-bond acceptors (Lipinski definition) is 6. The van der Waals surface area contributed by atoms with Crippen molar-refractivity contribution in [3.63, 3.8) is 0 Å². The van der Waals surface area contributed by atoms with Gasteiger partial charge in [-0.15, -0.1) is 0 Å². The van der Waals surface area contributed by atoms with Crippen LogP contribution in [0.1, 0.15) is 11.1 Å². The average molecular weight is 683 g/mol. The number of anilines is 1. The lowest BCUT2D eigenvalue weighted by Gasteiger charge is -2.24. The number of aromatic nitrogens is 3. The third-order valence-corrected chi connectivity index (χ3v) is 10.5. The van der Waals surface area contributed by atoms with Crippen molar-refractivity contribution < 1.29 is 8.83 Å². The zero-order valence-corrected chi connectivity index (χ0v) is 28.7. The molecule has 3 aromatic heterocycles. The Morgan fingerprint density at radius 1 is 0.491 bits per heavy atom. The second-order valence-electron chi connectivity index (χ2n) is 13.6. The summed E-state index contributed by atoms with van der Waals surface area (Å²) in [6, 6.07) is 50.1. The van der Waals surface area contributed by atoms with Gasteiger partial charge in [-0.3, -0.25) is 0 Å². The summed E-state index contributed by atoms with van der Waals surface area (Å²) in [5.74, 6) is 2.71. The first-order valence-electron chi connectivity index (χ1n) is 17.8. The summed E-state index contributed by atoms with van der Waals surface area (Å²) in [5, 5.41) is 7.67. The topological polar surface area (TPSA) is 68.2 Å². The summed E-state index contributed by atoms with van der Waals surface area (Å²) in [6.45, 7) is 0.739. The van der Waals surface area contributed by atoms with Gasteiger partial charge in [0.1, 0.15) is 16.7 Å². The molecule has 0 amide bonds. The quantitative estimate of drug-likeness (QED) is 0.184. The van der Waals surface area contributed by atoms with Crippen LogP contribution >= 0.6 is 0 Å². The van der Waals surface area contributed by atoms with Crippen molar-refractivity contribution in [2.45, 2.75) is 0 Å². The molecule has 0 saturated heterocycles. The van der Waals surface area contributed by atoms with E-state index in [1.165, 1.54) is 5.39 Å². The summed E-state index contributed by atoms with van der Waals surface area (Å²) < 4.78 is 12.8. The van der Waals surface area contributed by atoms with Gasteiger partial charge in [0, 0.05) is 46.4 Å². The molecule has 0 spiro atoms. The molecule has 0 unspecified atom stereocenters. The summed E-state index contributed by atoms with van der Waals surface area (Å²) in [6.07, 6.45) is 2.32. The minimum absolute atomic E-state index is 0.596. The number of para-hydroxylation sites is 1. The number of rotatable bonds is 4. The molecule has 250 valence electrons. The first-order chi connectivity index (χ1) is 26.2. The summed E-state index contributed by atoms with van der Waals surface area (Å²) >= 11 is 0. The van der Waals surface area contributed by atoms with Gasteiger partial charge in [0.05, 0.1) is 5.56 Å². The number of benzene rings is 7. The fraction of sp³-hybridized carbons (Fsp3) is 0.0426. The van der Waals surface area contributed by atoms with E-state index in [0.717, 1.165) is 94.9 Å². The first kappa shape index (κ1) is 29.7. The molecule has 1 aliphatic rings. The highest BCUT2D eigenvalue weighted by Gasteiger charge is 2.27. The molecule has 6 heteroatoms. The van der Waals surface area contributed by atoms with Crippen molar-refractivity contribution in [3.05, 3.63) is 163 Å². The van der Waals surface area contributed by atoms with Gasteiger partial charge >= 0.3 is 0 Å². The Hall–Kier alpha value is -7.05. The first-order valence-corrected chi connectivity index (χ1v) is 17.8. The maximum atomic E-state index is 6.58. The van der Waals surface area contributed by atoms with E-state index >= 15 is 0 Å². The van der Waals surface area contributed by atoms with Crippen LogP contribution in [0.2, 0.25) is 0 Å². The number of fused-ring (bicyclic) bond motifs is 8. The molecular weight excluding hydrogens is 653 g/mol. The standard InChI is InChI=1S/C47H30N4O2/c1-51-25-24-34(43-38-26-29-14-5-6-15-30(29)27-41(38)53-47(43)51)32-18-9-19-33-31(32)17-10-20-35(33)45-48-44(28-12-3-2-4-13-28)49-46(50-45)37-21-11-23-40-42(37)36-16-7-8-22-39(36)52-40/h2-24,26-27H,25H2,1H3. The van der Waals surface area contributed by atoms with Gasteiger partial charge < -0.3 is 13.7 Å². The van der Waals surface area contributed by atoms with Crippen LogP contribution in [0.3, 0.4) is 0 Å². The Kier molecular flexibility index (Phi) is 6.43. The predicted octanol–water partition coefficient (Wildman–Crippen LogP) is 11.7. The van der Waals surface area contributed by atoms with Gasteiger partial charge in [0.25, 0.3) is 0 Å². The van der Waals surface area contributed by atoms with Crippen LogP contribution in [0.4, 0.5) is 5.88 Å². The highest BCUT2D eigenvalue weighted by Crippen LogP contribution is 2.46. The SMILES string of the molecule is CN1CC=C(c2cccc3c(-c4nc(-c5ccccc5)nc(-c5cccc6oc7ccccc7c56)n4)cccc23)c2c1oc1cc3ccccc3cc21. The second-order valence-corrected chi connectivity index (χ2v) is 13.6. The third-order valence-electron chi connectivity index (χ3n) is 10.5. The maximum Gasteiger partial charge on any atom is 0.204 e. The van der Waals surface area contributed by atoms with Crippen LogP contribution in [0.25, 0.3) is 94.2 Å². The molecule has 0 saturated carbocycles. The molecule has 0 atom stereocenters. The second kappa shape index (κ2) is 11.5. The van der Waals surface area contributed by atoms with E-state index in [0.29, 0.717) is 17.5 Å². The summed E-state index contributed by atoms with van der Waals surface area (Å²) in [4.78, 5) is 17.7. The Morgan fingerprint density at radius 3 is 1.96 bits per heavy atom. The predicted molar refractivity (Wildman–Crippen MR) is 215 cm³/mol. The average Bonchev–Trinajstić information content (AvgIpc) is 3.79. The van der Waals surface area contributed by atoms with Crippen LogP contribution < -0.4 is 4.90 Å². The molecule has 7 aromatic carbocycles. The maximum absolute atomic E-state index is 6.58. The van der Waals surface area contributed by atoms with Crippen molar-refractivity contribution in [2.75, 3.05) is 18.5 Å². The lowest BCUT2D eigenvalue weighted by Crippen LogP contribution is -2.21. The lowest BCUT2D eigenvalue weighted by molar-refractivity contribution is 0.602. The monoisotopic (exact) mass is 682 g/mol. The van der Waals surface area contributed by atoms with Gasteiger partial charge in [-0.2, -0.15) is 0 Å². The number of furan rings is 2. The molecule has 10 aromatic rings. The molecule has 0 N–H and O–H groups in total. The van der Waals surface area contributed by atoms with E-state index in [2.05, 4.69) is 103 Å². The van der Waals surface area contributed by atoms with Crippen molar-refractivity contribution in [1.29, 1.82) is 0 Å². The molecular formula is C47H30N4O2. The molecule has 0 radical (unpaired) electrons. The van der Waals surface area contributed by atoms with E-state index in [4.69, 9.17) is 23.8 Å². The Bertz CT molecular complexity index is 3120. The largest absolute Gasteiger partial charge is 0.456 e. The van der Waals surface area contributed by atoms with Crippen LogP contribution in [0.15, 0.2) is 161 Å². The number of hydrogen-bond donors (Lipinski definition) is 0. The van der Waals surface area contributed by atoms with E-state index in [9.17, 15) is 0 Å². The molecule has 0 aliphatic carbocycles. The molecule has 0 fully saturated rings. The van der Waals surface area contributed by atoms with E-state index in [-0.39, 0.29) is 0 Å². The Morgan fingerprint density at radius 2 is 1.11 bits per heavy atom. The van der Waals surface area contributed by atoms with E-state index in [1.54, 1.807) is 0 Å². The third kappa shape index (κ3) is 4.62. The Balaban J connectivity index is 1.13. The molecule has 1 aliphatic heterocycles. The van der Waals surface area contributed by atoms with Crippen LogP contribution in [0, 0.1) is 0 Å². The van der Waals surface area contributed by atoms with Crippen LogP contribution in [-0.4, -0.2) is 28.5 Å². The van der Waals surface area contributed by atoms with Crippen LogP contribution in [0.5, 0.6) is 0 Å². The lowest BCUT2D eigenvalue weighted by atomic mass is 9.89. The highest BCUT2D eigenvalue weighted by atomic mass is 16.4. The Labute approximate surface area is 304 Å². The van der Waals surface area contributed by atoms with E-state index in [1.807, 2.05) is 60.7 Å². The van der Waals surface area contributed by atoms with E-state index < -0.39 is 0 Å². The van der Waals surface area contributed by atoms with Gasteiger partial charge in [-0.05, 0) is 56.9 Å². The minimum atomic E-state index is 0.596. The number of nitrogens with zero attached hydrogens (tertiary/aromatic N) is 4. The van der Waals surface area contributed by atoms with Gasteiger partial charge in [-0.1, -0.05) is 127 Å².